The molecule has 0 fully saturated rings. The largest absolute Gasteiger partial charge is 0.306 e. The average Bonchev–Trinajstić information content (AvgIpc) is 3.68. The van der Waals surface area contributed by atoms with Gasteiger partial charge >= 0.3 is 0 Å². The summed E-state index contributed by atoms with van der Waals surface area (Å²) in [4.78, 5) is 9.52. The zero-order valence-electron chi connectivity index (χ0n) is 25.9. The molecule has 224 valence electrons. The fourth-order valence-corrected chi connectivity index (χ4v) is 7.23. The van der Waals surface area contributed by atoms with Crippen molar-refractivity contribution in [1.29, 1.82) is 0 Å². The van der Waals surface area contributed by atoms with Crippen LogP contribution in [0.5, 0.6) is 0 Å². The van der Waals surface area contributed by atoms with Crippen molar-refractivity contribution in [1.82, 2.24) is 18.8 Å². The summed E-state index contributed by atoms with van der Waals surface area (Å²) < 4.78 is 4.18. The quantitative estimate of drug-likeness (QED) is 0.195. The number of halogens is 1. The molecule has 0 aliphatic rings. The van der Waals surface area contributed by atoms with Crippen LogP contribution < -0.4 is 0 Å². The summed E-state index contributed by atoms with van der Waals surface area (Å²) in [6.07, 6.45) is 8.29. The number of benzene rings is 5. The van der Waals surface area contributed by atoms with Gasteiger partial charge in [0.25, 0.3) is 0 Å². The van der Waals surface area contributed by atoms with Gasteiger partial charge in [-0.3, -0.25) is 0 Å². The van der Waals surface area contributed by atoms with Crippen LogP contribution >= 0.6 is 11.6 Å². The molecule has 0 radical (unpaired) electrons. The van der Waals surface area contributed by atoms with E-state index in [4.69, 9.17) is 21.6 Å². The molecule has 0 saturated heterocycles. The first-order valence-electron chi connectivity index (χ1n) is 15.7. The molecule has 9 aromatic rings. The smallest absolute Gasteiger partial charge is 0.144 e. The van der Waals surface area contributed by atoms with Gasteiger partial charge in [0.15, 0.2) is 0 Å². The molecule has 0 atom stereocenters. The lowest BCUT2D eigenvalue weighted by Gasteiger charge is -2.15. The normalized spacial score (nSPS) is 11.7. The van der Waals surface area contributed by atoms with Gasteiger partial charge in [-0.15, -0.1) is 0 Å². The number of aryl methyl sites for hydroxylation is 2. The van der Waals surface area contributed by atoms with E-state index in [0.29, 0.717) is 5.02 Å². The van der Waals surface area contributed by atoms with Crippen LogP contribution in [0.1, 0.15) is 11.4 Å². The molecule has 0 N–H and O–H groups in total. The lowest BCUT2D eigenvalue weighted by Crippen LogP contribution is -1.90. The number of pyridine rings is 2. The Bertz CT molecular complexity index is 2500. The van der Waals surface area contributed by atoms with Gasteiger partial charge in [-0.1, -0.05) is 84.4 Å². The van der Waals surface area contributed by atoms with Crippen molar-refractivity contribution in [2.75, 3.05) is 0 Å². The first-order chi connectivity index (χ1) is 23.0. The maximum absolute atomic E-state index is 6.90. The first-order valence-corrected chi connectivity index (χ1v) is 16.1. The molecule has 4 nitrogen and oxygen atoms in total. The summed E-state index contributed by atoms with van der Waals surface area (Å²) in [6.45, 7) is 4.06. The van der Waals surface area contributed by atoms with E-state index < -0.39 is 0 Å². The van der Waals surface area contributed by atoms with Crippen LogP contribution in [0, 0.1) is 13.8 Å². The second kappa shape index (κ2) is 10.7. The number of imidazole rings is 2. The highest BCUT2D eigenvalue weighted by atomic mass is 35.5. The highest BCUT2D eigenvalue weighted by molar-refractivity contribution is 6.31. The van der Waals surface area contributed by atoms with Gasteiger partial charge in [0.1, 0.15) is 11.3 Å². The Morgan fingerprint density at radius 3 is 1.34 bits per heavy atom. The lowest BCUT2D eigenvalue weighted by atomic mass is 9.89. The molecular weight excluding hydrogens is 596 g/mol. The van der Waals surface area contributed by atoms with Crippen LogP contribution in [0.3, 0.4) is 0 Å². The van der Waals surface area contributed by atoms with Crippen molar-refractivity contribution in [2.24, 2.45) is 0 Å². The molecule has 0 amide bonds. The minimum absolute atomic E-state index is 0.702. The maximum atomic E-state index is 6.90. The van der Waals surface area contributed by atoms with Gasteiger partial charge in [0.2, 0.25) is 0 Å². The van der Waals surface area contributed by atoms with E-state index in [1.807, 2.05) is 13.8 Å². The number of rotatable bonds is 4. The SMILES string of the molecule is Cc1cn2ccc3cc(-c4ccccc4-c4cc(Cl)cc(-c5ccccc5-c5ccc6c(ccn7cc(C)nc67)c5)c4)ccc3c2n1. The summed E-state index contributed by atoms with van der Waals surface area (Å²) in [5.74, 6) is 0. The highest BCUT2D eigenvalue weighted by Gasteiger charge is 2.15. The zero-order valence-corrected chi connectivity index (χ0v) is 26.7. The number of aromatic nitrogens is 4. The van der Waals surface area contributed by atoms with Gasteiger partial charge in [0.05, 0.1) is 11.4 Å². The van der Waals surface area contributed by atoms with E-state index in [-0.39, 0.29) is 0 Å². The predicted molar refractivity (Wildman–Crippen MR) is 195 cm³/mol. The molecule has 0 saturated carbocycles. The van der Waals surface area contributed by atoms with Crippen LogP contribution in [0.25, 0.3) is 77.3 Å². The molecule has 47 heavy (non-hydrogen) atoms. The molecule has 0 spiro atoms. The van der Waals surface area contributed by atoms with E-state index >= 15 is 0 Å². The Hall–Kier alpha value is -5.71. The molecule has 4 heterocycles. The summed E-state index contributed by atoms with van der Waals surface area (Å²) in [7, 11) is 0. The third-order valence-corrected chi connectivity index (χ3v) is 9.33. The van der Waals surface area contributed by atoms with E-state index in [1.54, 1.807) is 0 Å². The first kappa shape index (κ1) is 27.6. The number of nitrogens with zero attached hydrogens (tertiary/aromatic N) is 4. The second-order valence-corrected chi connectivity index (χ2v) is 12.7. The van der Waals surface area contributed by atoms with E-state index in [9.17, 15) is 0 Å². The molecule has 4 aromatic heterocycles. The number of fused-ring (bicyclic) bond motifs is 6. The van der Waals surface area contributed by atoms with Gasteiger partial charge in [-0.25, -0.2) is 9.97 Å². The Labute approximate surface area is 277 Å². The Morgan fingerprint density at radius 1 is 0.468 bits per heavy atom. The van der Waals surface area contributed by atoms with E-state index in [0.717, 1.165) is 88.7 Å². The van der Waals surface area contributed by atoms with Crippen molar-refractivity contribution >= 4 is 44.4 Å². The standard InChI is InChI=1S/C42H29ClN4/c1-26-24-46-17-15-30-19-28(11-13-39(30)41(46)44-26)35-7-3-5-9-37(35)32-21-33(23-34(43)22-32)38-10-6-4-8-36(38)29-12-14-40-31(20-29)16-18-47-25-27(2)45-42(40)47/h3-25H,1-2H3. The second-order valence-electron chi connectivity index (χ2n) is 12.3. The minimum Gasteiger partial charge on any atom is -0.306 e. The third kappa shape index (κ3) is 4.68. The molecular formula is C42H29ClN4. The van der Waals surface area contributed by atoms with Crippen molar-refractivity contribution in [3.63, 3.8) is 0 Å². The van der Waals surface area contributed by atoms with Crippen LogP contribution in [-0.2, 0) is 0 Å². The average molecular weight is 625 g/mol. The van der Waals surface area contributed by atoms with Crippen molar-refractivity contribution in [3.05, 3.63) is 156 Å². The van der Waals surface area contributed by atoms with Gasteiger partial charge in [0, 0.05) is 40.6 Å². The van der Waals surface area contributed by atoms with E-state index in [2.05, 4.69) is 149 Å². The fraction of sp³-hybridized carbons (Fsp3) is 0.0476. The maximum Gasteiger partial charge on any atom is 0.144 e. The lowest BCUT2D eigenvalue weighted by molar-refractivity contribution is 1.20. The molecule has 5 heteroatoms. The Morgan fingerprint density at radius 2 is 0.894 bits per heavy atom. The molecule has 0 bridgehead atoms. The summed E-state index contributed by atoms with van der Waals surface area (Å²) in [6, 6.07) is 41.2. The van der Waals surface area contributed by atoms with Crippen LogP contribution in [-0.4, -0.2) is 18.8 Å². The predicted octanol–water partition coefficient (Wildman–Crippen LogP) is 11.2. The van der Waals surface area contributed by atoms with Crippen LogP contribution in [0.4, 0.5) is 0 Å². The van der Waals surface area contributed by atoms with Gasteiger partial charge in [-0.2, -0.15) is 0 Å². The van der Waals surface area contributed by atoms with Crippen LogP contribution in [0.15, 0.2) is 140 Å². The van der Waals surface area contributed by atoms with Crippen molar-refractivity contribution < 1.29 is 0 Å². The molecule has 9 rings (SSSR count). The highest BCUT2D eigenvalue weighted by Crippen LogP contribution is 2.40. The number of hydrogen-bond donors (Lipinski definition) is 0. The molecule has 5 aromatic carbocycles. The van der Waals surface area contributed by atoms with Crippen LogP contribution in [0.2, 0.25) is 5.02 Å². The molecule has 0 unspecified atom stereocenters. The topological polar surface area (TPSA) is 34.6 Å². The van der Waals surface area contributed by atoms with Crippen molar-refractivity contribution in [2.45, 2.75) is 13.8 Å². The van der Waals surface area contributed by atoms with E-state index in [1.165, 1.54) is 0 Å². The minimum atomic E-state index is 0.702. The zero-order chi connectivity index (χ0) is 31.6. The third-order valence-electron chi connectivity index (χ3n) is 9.12. The molecule has 0 aliphatic carbocycles. The Kier molecular flexibility index (Phi) is 6.27. The number of hydrogen-bond acceptors (Lipinski definition) is 2. The summed E-state index contributed by atoms with van der Waals surface area (Å²) in [5.41, 5.74) is 13.0. The summed E-state index contributed by atoms with van der Waals surface area (Å²) >= 11 is 6.90. The van der Waals surface area contributed by atoms with Gasteiger partial charge in [-0.05, 0) is 112 Å². The molecule has 0 aliphatic heterocycles. The summed E-state index contributed by atoms with van der Waals surface area (Å²) in [5, 5.41) is 5.31. The van der Waals surface area contributed by atoms with Crippen molar-refractivity contribution in [3.8, 4) is 44.5 Å². The monoisotopic (exact) mass is 624 g/mol. The fourth-order valence-electron chi connectivity index (χ4n) is 7.00. The Balaban J connectivity index is 1.15. The van der Waals surface area contributed by atoms with Gasteiger partial charge < -0.3 is 8.80 Å².